The van der Waals surface area contributed by atoms with Crippen LogP contribution in [0.25, 0.3) is 10.9 Å². The number of benzene rings is 2. The Hall–Kier alpha value is -2.55. The van der Waals surface area contributed by atoms with Crippen molar-refractivity contribution in [2.45, 2.75) is 13.8 Å². The number of hydrogen-bond donors (Lipinski definition) is 1. The molecule has 0 spiro atoms. The highest BCUT2D eigenvalue weighted by Crippen LogP contribution is 2.34. The lowest BCUT2D eigenvalue weighted by molar-refractivity contribution is 0.450. The van der Waals surface area contributed by atoms with Gasteiger partial charge < -0.3 is 9.84 Å². The van der Waals surface area contributed by atoms with Crippen molar-refractivity contribution in [2.24, 2.45) is 0 Å². The third-order valence-corrected chi connectivity index (χ3v) is 3.28. The number of rotatable bonds is 2. The summed E-state index contributed by atoms with van der Waals surface area (Å²) < 4.78 is 5.98. The first-order chi connectivity index (χ1) is 9.65. The van der Waals surface area contributed by atoms with E-state index in [9.17, 15) is 5.11 Å². The van der Waals surface area contributed by atoms with E-state index in [1.807, 2.05) is 50.2 Å². The summed E-state index contributed by atoms with van der Waals surface area (Å²) in [6, 6.07) is 15.0. The molecule has 3 aromatic rings. The van der Waals surface area contributed by atoms with Gasteiger partial charge in [0.25, 0.3) is 0 Å². The summed E-state index contributed by atoms with van der Waals surface area (Å²) in [5.41, 5.74) is 2.53. The number of phenolic OH excluding ortho intramolecular Hbond substituents is 1. The maximum absolute atomic E-state index is 9.75. The van der Waals surface area contributed by atoms with Crippen LogP contribution in [0.1, 0.15) is 11.3 Å². The molecule has 0 fully saturated rings. The molecule has 3 rings (SSSR count). The van der Waals surface area contributed by atoms with E-state index in [2.05, 4.69) is 4.98 Å². The van der Waals surface area contributed by atoms with Crippen LogP contribution in [0.15, 0.2) is 48.5 Å². The number of pyridine rings is 1. The predicted octanol–water partition coefficient (Wildman–Crippen LogP) is 4.35. The third-order valence-electron chi connectivity index (χ3n) is 3.28. The van der Waals surface area contributed by atoms with Crippen molar-refractivity contribution in [2.75, 3.05) is 0 Å². The van der Waals surface area contributed by atoms with Gasteiger partial charge in [-0.1, -0.05) is 18.2 Å². The predicted molar refractivity (Wildman–Crippen MR) is 79.4 cm³/mol. The van der Waals surface area contributed by atoms with Crippen LogP contribution in [0.5, 0.6) is 17.2 Å². The van der Waals surface area contributed by atoms with Gasteiger partial charge in [0, 0.05) is 22.7 Å². The molecule has 0 aliphatic rings. The molecule has 20 heavy (non-hydrogen) atoms. The average molecular weight is 265 g/mol. The lowest BCUT2D eigenvalue weighted by atomic mass is 10.1. The summed E-state index contributed by atoms with van der Waals surface area (Å²) in [6.07, 6.45) is 0. The quantitative estimate of drug-likeness (QED) is 0.749. The lowest BCUT2D eigenvalue weighted by Gasteiger charge is -2.12. The Balaban J connectivity index is 2.13. The molecule has 0 bridgehead atoms. The van der Waals surface area contributed by atoms with E-state index in [1.54, 1.807) is 12.1 Å². The second kappa shape index (κ2) is 4.85. The number of nitrogens with zero attached hydrogens (tertiary/aromatic N) is 1. The molecular formula is C17H15NO2. The number of ether oxygens (including phenoxy) is 1. The van der Waals surface area contributed by atoms with E-state index in [1.165, 1.54) is 0 Å². The Labute approximate surface area is 117 Å². The van der Waals surface area contributed by atoms with E-state index in [4.69, 9.17) is 4.74 Å². The van der Waals surface area contributed by atoms with Crippen molar-refractivity contribution >= 4 is 10.9 Å². The minimum atomic E-state index is 0.234. The minimum absolute atomic E-state index is 0.234. The molecule has 100 valence electrons. The molecule has 0 atom stereocenters. The fraction of sp³-hybridized carbons (Fsp3) is 0.118. The van der Waals surface area contributed by atoms with Crippen molar-refractivity contribution in [3.8, 4) is 17.2 Å². The van der Waals surface area contributed by atoms with Crippen molar-refractivity contribution in [3.05, 3.63) is 59.8 Å². The van der Waals surface area contributed by atoms with E-state index < -0.39 is 0 Å². The van der Waals surface area contributed by atoms with Gasteiger partial charge >= 0.3 is 0 Å². The number of hydrogen-bond acceptors (Lipinski definition) is 3. The van der Waals surface area contributed by atoms with Gasteiger partial charge in [-0.25, -0.2) is 0 Å². The van der Waals surface area contributed by atoms with Crippen molar-refractivity contribution in [1.82, 2.24) is 4.98 Å². The molecule has 3 nitrogen and oxygen atoms in total. The van der Waals surface area contributed by atoms with E-state index >= 15 is 0 Å². The van der Waals surface area contributed by atoms with Crippen molar-refractivity contribution in [1.29, 1.82) is 0 Å². The summed E-state index contributed by atoms with van der Waals surface area (Å²) in [6.45, 7) is 3.77. The Morgan fingerprint density at radius 2 is 1.75 bits per heavy atom. The van der Waals surface area contributed by atoms with Gasteiger partial charge in [0.15, 0.2) is 0 Å². The number of aromatic hydroxyl groups is 1. The second-order valence-electron chi connectivity index (χ2n) is 4.78. The highest BCUT2D eigenvalue weighted by atomic mass is 16.5. The molecule has 0 aliphatic carbocycles. The molecule has 1 aromatic heterocycles. The topological polar surface area (TPSA) is 42.4 Å². The zero-order chi connectivity index (χ0) is 14.1. The fourth-order valence-corrected chi connectivity index (χ4v) is 2.19. The maximum atomic E-state index is 9.75. The van der Waals surface area contributed by atoms with Crippen LogP contribution in [0, 0.1) is 13.8 Å². The molecule has 0 saturated carbocycles. The Kier molecular flexibility index (Phi) is 3.03. The summed E-state index contributed by atoms with van der Waals surface area (Å²) in [5.74, 6) is 1.64. The minimum Gasteiger partial charge on any atom is -0.508 e. The zero-order valence-corrected chi connectivity index (χ0v) is 11.4. The number of fused-ring (bicyclic) bond motifs is 1. The van der Waals surface area contributed by atoms with Crippen molar-refractivity contribution in [3.63, 3.8) is 0 Å². The molecule has 0 aliphatic heterocycles. The molecule has 2 aromatic carbocycles. The van der Waals surface area contributed by atoms with Gasteiger partial charge in [-0.2, -0.15) is 0 Å². The summed E-state index contributed by atoms with van der Waals surface area (Å²) >= 11 is 0. The molecule has 3 heteroatoms. The summed E-state index contributed by atoms with van der Waals surface area (Å²) in [7, 11) is 0. The van der Waals surface area contributed by atoms with E-state index in [0.717, 1.165) is 27.9 Å². The fourth-order valence-electron chi connectivity index (χ4n) is 2.19. The molecule has 0 saturated heterocycles. The van der Waals surface area contributed by atoms with Crippen LogP contribution in [-0.2, 0) is 0 Å². The van der Waals surface area contributed by atoms with Crippen LogP contribution in [0.2, 0.25) is 0 Å². The number of para-hydroxylation sites is 1. The SMILES string of the molecule is Cc1cc(Oc2cccc(O)c2C)c2ccccc2n1. The molecule has 0 radical (unpaired) electrons. The Morgan fingerprint density at radius 1 is 0.950 bits per heavy atom. The van der Waals surface area contributed by atoms with Gasteiger partial charge in [-0.05, 0) is 38.1 Å². The van der Waals surface area contributed by atoms with Crippen LogP contribution < -0.4 is 4.74 Å². The Bertz CT molecular complexity index is 781. The number of aromatic nitrogens is 1. The highest BCUT2D eigenvalue weighted by Gasteiger charge is 2.09. The first-order valence-corrected chi connectivity index (χ1v) is 6.48. The lowest BCUT2D eigenvalue weighted by Crippen LogP contribution is -1.92. The zero-order valence-electron chi connectivity index (χ0n) is 11.4. The molecule has 1 N–H and O–H groups in total. The number of aryl methyl sites for hydroxylation is 1. The van der Waals surface area contributed by atoms with Crippen LogP contribution >= 0.6 is 0 Å². The van der Waals surface area contributed by atoms with Crippen LogP contribution in [0.3, 0.4) is 0 Å². The normalized spacial score (nSPS) is 10.7. The molecular weight excluding hydrogens is 250 g/mol. The van der Waals surface area contributed by atoms with Gasteiger partial charge in [0.05, 0.1) is 5.52 Å². The van der Waals surface area contributed by atoms with E-state index in [0.29, 0.717) is 5.75 Å². The van der Waals surface area contributed by atoms with Crippen LogP contribution in [-0.4, -0.2) is 10.1 Å². The van der Waals surface area contributed by atoms with Gasteiger partial charge in [-0.3, -0.25) is 4.98 Å². The summed E-state index contributed by atoms with van der Waals surface area (Å²) in [4.78, 5) is 4.49. The monoisotopic (exact) mass is 265 g/mol. The Morgan fingerprint density at radius 3 is 2.60 bits per heavy atom. The summed E-state index contributed by atoms with van der Waals surface area (Å²) in [5, 5.41) is 10.7. The molecule has 0 amide bonds. The van der Waals surface area contributed by atoms with Crippen LogP contribution in [0.4, 0.5) is 0 Å². The first-order valence-electron chi connectivity index (χ1n) is 6.48. The van der Waals surface area contributed by atoms with Gasteiger partial charge in [0.1, 0.15) is 17.2 Å². The standard InChI is InChI=1S/C17H15NO2/c1-11-10-17(13-6-3-4-7-14(13)18-11)20-16-9-5-8-15(19)12(16)2/h3-10,19H,1-2H3. The second-order valence-corrected chi connectivity index (χ2v) is 4.78. The molecule has 1 heterocycles. The highest BCUT2D eigenvalue weighted by molar-refractivity contribution is 5.85. The smallest absolute Gasteiger partial charge is 0.138 e. The maximum Gasteiger partial charge on any atom is 0.138 e. The average Bonchev–Trinajstić information content (AvgIpc) is 2.43. The van der Waals surface area contributed by atoms with E-state index in [-0.39, 0.29) is 5.75 Å². The first kappa shape index (κ1) is 12.5. The van der Waals surface area contributed by atoms with Gasteiger partial charge in [-0.15, -0.1) is 0 Å². The van der Waals surface area contributed by atoms with Gasteiger partial charge in [0.2, 0.25) is 0 Å². The van der Waals surface area contributed by atoms with Crippen molar-refractivity contribution < 1.29 is 9.84 Å². The molecule has 0 unspecified atom stereocenters. The number of phenols is 1. The largest absolute Gasteiger partial charge is 0.508 e. The third kappa shape index (κ3) is 2.18.